The van der Waals surface area contributed by atoms with Gasteiger partial charge in [0.15, 0.2) is 0 Å². The van der Waals surface area contributed by atoms with Crippen molar-refractivity contribution in [2.24, 2.45) is 5.92 Å². The van der Waals surface area contributed by atoms with Crippen molar-refractivity contribution >= 4 is 0 Å². The number of hydrogen-bond acceptors (Lipinski definition) is 5. The van der Waals surface area contributed by atoms with E-state index in [-0.39, 0.29) is 0 Å². The van der Waals surface area contributed by atoms with Gasteiger partial charge in [-0.25, -0.2) is 0 Å². The van der Waals surface area contributed by atoms with Crippen LogP contribution >= 0.6 is 0 Å². The van der Waals surface area contributed by atoms with E-state index in [0.717, 1.165) is 38.5 Å². The number of morpholine rings is 1. The second kappa shape index (κ2) is 13.3. The van der Waals surface area contributed by atoms with E-state index in [2.05, 4.69) is 11.8 Å². The van der Waals surface area contributed by atoms with Gasteiger partial charge < -0.3 is 15.1 Å². The maximum absolute atomic E-state index is 9.15. The number of aliphatic hydroxyl groups is 1. The molecule has 0 aromatic rings. The van der Waals surface area contributed by atoms with Crippen LogP contribution in [0.5, 0.6) is 0 Å². The Balaban J connectivity index is 0.000000705. The van der Waals surface area contributed by atoms with E-state index in [4.69, 9.17) is 25.2 Å². The molecular formula is C18H36N2O5. The van der Waals surface area contributed by atoms with Crippen molar-refractivity contribution in [3.63, 3.8) is 0 Å². The van der Waals surface area contributed by atoms with Crippen LogP contribution in [0.4, 0.5) is 0 Å². The molecule has 2 aliphatic rings. The lowest BCUT2D eigenvalue weighted by Crippen LogP contribution is -2.50. The van der Waals surface area contributed by atoms with Gasteiger partial charge in [0.1, 0.15) is 0 Å². The van der Waals surface area contributed by atoms with Gasteiger partial charge in [-0.1, -0.05) is 39.0 Å². The molecule has 0 bridgehead atoms. The highest BCUT2D eigenvalue weighted by molar-refractivity contribution is 4.83. The molecule has 7 heteroatoms. The largest absolute Gasteiger partial charge is 0.396 e. The molecule has 148 valence electrons. The van der Waals surface area contributed by atoms with Crippen molar-refractivity contribution in [1.82, 2.24) is 4.90 Å². The van der Waals surface area contributed by atoms with Crippen LogP contribution in [0.1, 0.15) is 71.1 Å². The van der Waals surface area contributed by atoms with Crippen LogP contribution in [-0.2, 0) is 4.74 Å². The molecular weight excluding hydrogens is 324 g/mol. The standard InChI is InChI=1S/C18H35NO2.HNO3/c1-2-3-10-17(11-7-13-20)19-12-14-21-18(15-19)16-8-5-4-6-9-16;2-1(3)4/h16-18,20H,2-15H2,1H3;(H,2,3,4). The van der Waals surface area contributed by atoms with Crippen molar-refractivity contribution in [3.8, 4) is 0 Å². The molecule has 1 saturated heterocycles. The maximum atomic E-state index is 9.15. The molecule has 0 aromatic carbocycles. The van der Waals surface area contributed by atoms with Crippen LogP contribution in [0.25, 0.3) is 0 Å². The topological polar surface area (TPSA) is 96.1 Å². The van der Waals surface area contributed by atoms with E-state index in [9.17, 15) is 0 Å². The Bertz CT molecular complexity index is 338. The maximum Gasteiger partial charge on any atom is 0.291 e. The fraction of sp³-hybridized carbons (Fsp3) is 1.00. The van der Waals surface area contributed by atoms with Gasteiger partial charge in [-0.05, 0) is 38.0 Å². The molecule has 1 saturated carbocycles. The lowest BCUT2D eigenvalue weighted by molar-refractivity contribution is -0.742. The van der Waals surface area contributed by atoms with Crippen LogP contribution < -0.4 is 0 Å². The highest BCUT2D eigenvalue weighted by atomic mass is 16.9. The summed E-state index contributed by atoms with van der Waals surface area (Å²) in [6, 6.07) is 0.659. The number of hydrogen-bond donors (Lipinski definition) is 2. The normalized spacial score (nSPS) is 23.5. The molecule has 0 aromatic heterocycles. The van der Waals surface area contributed by atoms with E-state index in [1.165, 1.54) is 51.4 Å². The Morgan fingerprint density at radius 2 is 1.88 bits per heavy atom. The molecule has 2 N–H and O–H groups in total. The van der Waals surface area contributed by atoms with Gasteiger partial charge in [-0.15, -0.1) is 10.1 Å². The third-order valence-electron chi connectivity index (χ3n) is 5.40. The molecule has 1 aliphatic carbocycles. The minimum Gasteiger partial charge on any atom is -0.396 e. The molecule has 25 heavy (non-hydrogen) atoms. The summed E-state index contributed by atoms with van der Waals surface area (Å²) in [5.41, 5.74) is 0. The van der Waals surface area contributed by atoms with Crippen molar-refractivity contribution in [2.75, 3.05) is 26.3 Å². The predicted octanol–water partition coefficient (Wildman–Crippen LogP) is 3.25. The third-order valence-corrected chi connectivity index (χ3v) is 5.40. The van der Waals surface area contributed by atoms with E-state index >= 15 is 0 Å². The predicted molar refractivity (Wildman–Crippen MR) is 96.3 cm³/mol. The first-order valence-corrected chi connectivity index (χ1v) is 9.88. The Labute approximate surface area is 151 Å². The summed E-state index contributed by atoms with van der Waals surface area (Å²) in [6.07, 6.45) is 13.4. The number of aliphatic hydroxyl groups excluding tert-OH is 1. The highest BCUT2D eigenvalue weighted by Gasteiger charge is 2.31. The minimum absolute atomic E-state index is 0.332. The van der Waals surface area contributed by atoms with E-state index < -0.39 is 5.09 Å². The van der Waals surface area contributed by atoms with Gasteiger partial charge in [0.25, 0.3) is 5.09 Å². The Morgan fingerprint density at radius 3 is 2.48 bits per heavy atom. The quantitative estimate of drug-likeness (QED) is 0.509. The van der Waals surface area contributed by atoms with Crippen molar-refractivity contribution in [2.45, 2.75) is 83.3 Å². The molecule has 0 amide bonds. The average molecular weight is 360 g/mol. The molecule has 2 fully saturated rings. The van der Waals surface area contributed by atoms with E-state index in [0.29, 0.717) is 18.8 Å². The van der Waals surface area contributed by atoms with Crippen LogP contribution in [0.2, 0.25) is 0 Å². The van der Waals surface area contributed by atoms with Crippen LogP contribution in [0, 0.1) is 16.0 Å². The summed E-state index contributed by atoms with van der Waals surface area (Å²) < 4.78 is 6.12. The number of rotatable bonds is 8. The van der Waals surface area contributed by atoms with E-state index in [1.807, 2.05) is 0 Å². The first-order valence-electron chi connectivity index (χ1n) is 9.88. The smallest absolute Gasteiger partial charge is 0.291 e. The molecule has 2 rings (SSSR count). The molecule has 1 heterocycles. The summed E-state index contributed by atoms with van der Waals surface area (Å²) in [5, 5.41) is 22.8. The van der Waals surface area contributed by atoms with Crippen molar-refractivity contribution in [1.29, 1.82) is 0 Å². The molecule has 2 atom stereocenters. The Morgan fingerprint density at radius 1 is 1.24 bits per heavy atom. The van der Waals surface area contributed by atoms with Gasteiger partial charge >= 0.3 is 0 Å². The number of unbranched alkanes of at least 4 members (excludes halogenated alkanes) is 1. The summed E-state index contributed by atoms with van der Waals surface area (Å²) in [4.78, 5) is 11.0. The van der Waals surface area contributed by atoms with Crippen LogP contribution in [0.3, 0.4) is 0 Å². The fourth-order valence-electron chi connectivity index (χ4n) is 4.10. The SMILES string of the molecule is CCCCC(CCCO)N1CCOC(C2CCCCC2)C1.O=[N+]([O-])O. The second-order valence-corrected chi connectivity index (χ2v) is 7.20. The molecule has 2 unspecified atom stereocenters. The van der Waals surface area contributed by atoms with Gasteiger partial charge in [0.05, 0.1) is 12.7 Å². The highest BCUT2D eigenvalue weighted by Crippen LogP contribution is 2.30. The van der Waals surface area contributed by atoms with Gasteiger partial charge in [0.2, 0.25) is 0 Å². The van der Waals surface area contributed by atoms with Crippen LogP contribution in [0.15, 0.2) is 0 Å². The zero-order chi connectivity index (χ0) is 18.5. The summed E-state index contributed by atoms with van der Waals surface area (Å²) in [6.45, 7) is 5.72. The molecule has 7 nitrogen and oxygen atoms in total. The first kappa shape index (κ1) is 22.1. The third kappa shape index (κ3) is 9.37. The van der Waals surface area contributed by atoms with Crippen LogP contribution in [-0.4, -0.2) is 58.7 Å². The monoisotopic (exact) mass is 360 g/mol. The van der Waals surface area contributed by atoms with Gasteiger partial charge in [-0.3, -0.25) is 4.90 Å². The van der Waals surface area contributed by atoms with Crippen molar-refractivity contribution in [3.05, 3.63) is 10.1 Å². The Hall–Kier alpha value is -0.920. The molecule has 0 radical (unpaired) electrons. The summed E-state index contributed by atoms with van der Waals surface area (Å²) >= 11 is 0. The van der Waals surface area contributed by atoms with Crippen molar-refractivity contribution < 1.29 is 20.1 Å². The minimum atomic E-state index is -1.50. The zero-order valence-electron chi connectivity index (χ0n) is 15.6. The lowest BCUT2D eigenvalue weighted by Gasteiger charge is -2.42. The molecule has 0 spiro atoms. The fourth-order valence-corrected chi connectivity index (χ4v) is 4.10. The zero-order valence-corrected chi connectivity index (χ0v) is 15.6. The first-order chi connectivity index (χ1) is 12.1. The average Bonchev–Trinajstić information content (AvgIpc) is 2.62. The summed E-state index contributed by atoms with van der Waals surface area (Å²) in [7, 11) is 0. The van der Waals surface area contributed by atoms with Gasteiger partial charge in [-0.2, -0.15) is 0 Å². The lowest BCUT2D eigenvalue weighted by atomic mass is 9.84. The van der Waals surface area contributed by atoms with E-state index in [1.54, 1.807) is 0 Å². The second-order valence-electron chi connectivity index (χ2n) is 7.20. The number of nitrogens with zero attached hydrogens (tertiary/aromatic N) is 2. The van der Waals surface area contributed by atoms with Gasteiger partial charge in [0, 0.05) is 25.7 Å². The molecule has 1 aliphatic heterocycles. The Kier molecular flexibility index (Phi) is 11.8. The number of ether oxygens (including phenoxy) is 1. The summed E-state index contributed by atoms with van der Waals surface area (Å²) in [5.74, 6) is 0.797.